The summed E-state index contributed by atoms with van der Waals surface area (Å²) < 4.78 is 20.6. The number of piperidine rings is 2. The molecule has 5 N–H and O–H groups in total. The van der Waals surface area contributed by atoms with Gasteiger partial charge in [-0.25, -0.2) is 14.8 Å². The zero-order valence-corrected chi connectivity index (χ0v) is 48.4. The summed E-state index contributed by atoms with van der Waals surface area (Å²) in [5, 5.41) is 27.5. The fourth-order valence-corrected chi connectivity index (χ4v) is 11.8. The van der Waals surface area contributed by atoms with Gasteiger partial charge in [0.1, 0.15) is 23.0 Å². The number of aromatic hydroxyl groups is 1. The molecular weight excluding hydrogens is 1030 g/mol. The van der Waals surface area contributed by atoms with Gasteiger partial charge in [-0.2, -0.15) is 0 Å². The molecule has 6 aromatic carbocycles. The van der Waals surface area contributed by atoms with Crippen molar-refractivity contribution in [2.45, 2.75) is 134 Å². The molecule has 434 valence electrons. The number of phenols is 1. The molecule has 0 radical (unpaired) electrons. The molecular formula is C66H82N8O8. The van der Waals surface area contributed by atoms with Crippen LogP contribution in [0.2, 0.25) is 0 Å². The highest BCUT2D eigenvalue weighted by molar-refractivity contribution is 5.85. The summed E-state index contributed by atoms with van der Waals surface area (Å²) in [6.07, 6.45) is 6.55. The topological polar surface area (TPSA) is 200 Å². The Morgan fingerprint density at radius 1 is 0.646 bits per heavy atom. The number of fused-ring (bicyclic) bond motifs is 4. The van der Waals surface area contributed by atoms with E-state index in [9.17, 15) is 24.6 Å². The zero-order chi connectivity index (χ0) is 57.8. The number of amides is 3. The van der Waals surface area contributed by atoms with Crippen LogP contribution in [0.5, 0.6) is 5.75 Å². The van der Waals surface area contributed by atoms with Crippen molar-refractivity contribution in [3.05, 3.63) is 150 Å². The highest BCUT2D eigenvalue weighted by Crippen LogP contribution is 2.33. The highest BCUT2D eigenvalue weighted by Gasteiger charge is 2.32. The van der Waals surface area contributed by atoms with Crippen molar-refractivity contribution in [2.75, 3.05) is 53.6 Å². The lowest BCUT2D eigenvalue weighted by atomic mass is 9.95. The number of aromatic nitrogens is 4. The molecule has 2 saturated heterocycles. The first-order chi connectivity index (χ1) is 39.6. The first kappa shape index (κ1) is 59.3. The molecule has 0 saturated carbocycles. The molecule has 16 nitrogen and oxygen atoms in total. The summed E-state index contributed by atoms with van der Waals surface area (Å²) in [4.78, 5) is 53.8. The summed E-state index contributed by atoms with van der Waals surface area (Å²) in [5.74, 6) is 2.48. The van der Waals surface area contributed by atoms with Crippen LogP contribution in [-0.2, 0) is 56.3 Å². The fraction of sp³-hybridized carbons (Fsp3) is 0.439. The van der Waals surface area contributed by atoms with E-state index in [1.165, 1.54) is 10.8 Å². The molecule has 2 aromatic heterocycles. The van der Waals surface area contributed by atoms with Crippen LogP contribution >= 0.6 is 0 Å². The molecule has 0 bridgehead atoms. The Labute approximate surface area is 481 Å². The minimum absolute atomic E-state index is 0.000304. The van der Waals surface area contributed by atoms with E-state index in [4.69, 9.17) is 29.9 Å². The number of rotatable bonds is 20. The third-order valence-corrected chi connectivity index (χ3v) is 15.7. The second kappa shape index (κ2) is 27.6. The Hall–Kier alpha value is -7.37. The molecule has 4 atom stereocenters. The fourth-order valence-electron chi connectivity index (χ4n) is 11.8. The number of aliphatic hydroxyl groups is 1. The molecule has 8 aromatic rings. The number of ether oxygens (including phenoxy) is 3. The average Bonchev–Trinajstić information content (AvgIpc) is 4.12. The van der Waals surface area contributed by atoms with E-state index in [1.807, 2.05) is 79.1 Å². The Kier molecular flexibility index (Phi) is 19.9. The number of hydrogen-bond acceptors (Lipinski definition) is 11. The Bertz CT molecular complexity index is 3460. The number of carbonyl (C=O) groups is 3. The van der Waals surface area contributed by atoms with Crippen LogP contribution in [0.25, 0.3) is 43.6 Å². The molecule has 2 aliphatic heterocycles. The molecule has 0 aliphatic carbocycles. The van der Waals surface area contributed by atoms with Crippen LogP contribution < -0.4 is 11.1 Å². The zero-order valence-electron chi connectivity index (χ0n) is 48.4. The van der Waals surface area contributed by atoms with Gasteiger partial charge in [-0.3, -0.25) is 9.59 Å². The van der Waals surface area contributed by atoms with E-state index >= 15 is 0 Å². The molecule has 16 heteroatoms. The van der Waals surface area contributed by atoms with Gasteiger partial charge in [-0.1, -0.05) is 91.0 Å². The van der Waals surface area contributed by atoms with Crippen LogP contribution in [0, 0.1) is 0 Å². The first-order valence-corrected chi connectivity index (χ1v) is 29.2. The van der Waals surface area contributed by atoms with Gasteiger partial charge >= 0.3 is 6.09 Å². The van der Waals surface area contributed by atoms with E-state index in [1.54, 1.807) is 26.4 Å². The van der Waals surface area contributed by atoms with E-state index in [2.05, 4.69) is 75.1 Å². The van der Waals surface area contributed by atoms with Crippen LogP contribution in [0.3, 0.4) is 0 Å². The Balaban J connectivity index is 0.000000200. The maximum atomic E-state index is 13.8. The first-order valence-electron chi connectivity index (χ1n) is 29.2. The van der Waals surface area contributed by atoms with Crippen LogP contribution in [0.1, 0.15) is 112 Å². The van der Waals surface area contributed by atoms with Gasteiger partial charge in [0.15, 0.2) is 0 Å². The summed E-state index contributed by atoms with van der Waals surface area (Å²) in [6, 6.07) is 39.6. The number of nitrogens with one attached hydrogen (secondary N) is 1. The predicted molar refractivity (Wildman–Crippen MR) is 323 cm³/mol. The van der Waals surface area contributed by atoms with E-state index in [-0.39, 0.29) is 48.5 Å². The van der Waals surface area contributed by atoms with Crippen molar-refractivity contribution in [3.63, 3.8) is 0 Å². The summed E-state index contributed by atoms with van der Waals surface area (Å²) in [5.41, 5.74) is 12.6. The number of likely N-dealkylation sites (tertiary alicyclic amines) is 2. The lowest BCUT2D eigenvalue weighted by Gasteiger charge is -2.34. The number of benzene rings is 6. The van der Waals surface area contributed by atoms with Crippen LogP contribution in [-0.4, -0.2) is 128 Å². The predicted octanol–water partition coefficient (Wildman–Crippen LogP) is 10.5. The highest BCUT2D eigenvalue weighted by atomic mass is 16.6. The van der Waals surface area contributed by atoms with E-state index in [0.717, 1.165) is 113 Å². The molecule has 2 fully saturated rings. The van der Waals surface area contributed by atoms with Gasteiger partial charge in [0.2, 0.25) is 11.8 Å². The van der Waals surface area contributed by atoms with E-state index < -0.39 is 17.7 Å². The molecule has 0 spiro atoms. The van der Waals surface area contributed by atoms with Gasteiger partial charge in [0, 0.05) is 110 Å². The average molecular weight is 1120 g/mol. The van der Waals surface area contributed by atoms with Crippen molar-refractivity contribution >= 4 is 61.5 Å². The van der Waals surface area contributed by atoms with Gasteiger partial charge in [0.25, 0.3) is 0 Å². The summed E-state index contributed by atoms with van der Waals surface area (Å²) >= 11 is 0. The number of aryl methyl sites for hydroxylation is 2. The maximum Gasteiger partial charge on any atom is 0.407 e. The van der Waals surface area contributed by atoms with E-state index in [0.29, 0.717) is 58.7 Å². The number of nitrogens with zero attached hydrogens (tertiary/aromatic N) is 6. The number of imidazole rings is 2. The number of phenolic OH excluding ortho intramolecular Hbond substituents is 1. The standard InChI is InChI=1S/C35H44N4O5.C31H38N4O3/c1-35(2,3)44-34(42)36-28(20-24-12-13-25-9-5-6-10-26(25)19-24)21-32(41)38-16-7-11-27(23-38)33-37-30-15-14-29(40)22-31(30)39(33)17-8-18-43-4;1-38-15-5-14-35-29-18-23(21-36)10-12-28(29)33-31(35)26-8-4-13-34(20-26)30(37)19-27(32)17-22-9-11-24-6-2-3-7-25(24)16-22/h5-6,9-10,12-15,19,22,27-28,40H,7-8,11,16-18,20-21,23H2,1-4H3,(H,36,42);2-3,6-7,9-12,16,18,26-27,36H,4-5,8,13-15,17,19-21,32H2,1H3/t27?,28-;26?,27-/m11/s1. The molecule has 3 amide bonds. The lowest BCUT2D eigenvalue weighted by molar-refractivity contribution is -0.133. The van der Waals surface area contributed by atoms with Crippen LogP contribution in [0.4, 0.5) is 4.79 Å². The Morgan fingerprint density at radius 2 is 1.15 bits per heavy atom. The number of alkyl carbamates (subject to hydrolysis) is 1. The second-order valence-corrected chi connectivity index (χ2v) is 23.2. The number of hydrogen-bond donors (Lipinski definition) is 4. The van der Waals surface area contributed by atoms with Crippen molar-refractivity contribution in [3.8, 4) is 5.75 Å². The number of methoxy groups -OCH3 is 2. The van der Waals surface area contributed by atoms with Gasteiger partial charge in [-0.05, 0) is 135 Å². The maximum absolute atomic E-state index is 13.8. The number of nitrogens with two attached hydrogens (primary N) is 1. The number of carbonyl (C=O) groups excluding carboxylic acids is 3. The summed E-state index contributed by atoms with van der Waals surface area (Å²) in [6.45, 7) is 10.9. The van der Waals surface area contributed by atoms with Crippen molar-refractivity contribution in [1.29, 1.82) is 0 Å². The number of aliphatic hydroxyl groups excluding tert-OH is 1. The van der Waals surface area contributed by atoms with Gasteiger partial charge < -0.3 is 54.4 Å². The minimum Gasteiger partial charge on any atom is -0.508 e. The molecule has 2 aliphatic rings. The molecule has 10 rings (SSSR count). The van der Waals surface area contributed by atoms with Gasteiger partial charge in [-0.15, -0.1) is 0 Å². The Morgan fingerprint density at radius 3 is 1.68 bits per heavy atom. The second-order valence-electron chi connectivity index (χ2n) is 23.2. The SMILES string of the molecule is COCCCn1c(C2CCCN(C(=O)C[C@@H](Cc3ccc4ccccc4c3)NC(=O)OC(C)(C)C)C2)nc2ccc(O)cc21.COCCCn1c(C2CCCN(C(=O)C[C@H](N)Cc3ccc4ccccc4c3)C2)nc2ccc(CO)cc21. The van der Waals surface area contributed by atoms with Gasteiger partial charge in [0.05, 0.1) is 28.7 Å². The molecule has 2 unspecified atom stereocenters. The smallest absolute Gasteiger partial charge is 0.407 e. The normalized spacial score (nSPS) is 16.5. The van der Waals surface area contributed by atoms with Crippen molar-refractivity contribution in [2.24, 2.45) is 5.73 Å². The quantitative estimate of drug-likeness (QED) is 0.0530. The lowest BCUT2D eigenvalue weighted by Crippen LogP contribution is -2.46. The third kappa shape index (κ3) is 15.4. The third-order valence-electron chi connectivity index (χ3n) is 15.7. The molecule has 82 heavy (non-hydrogen) atoms. The molecule has 4 heterocycles. The van der Waals surface area contributed by atoms with Crippen LogP contribution in [0.15, 0.2) is 121 Å². The monoisotopic (exact) mass is 1110 g/mol. The minimum atomic E-state index is -0.646. The largest absolute Gasteiger partial charge is 0.508 e. The summed E-state index contributed by atoms with van der Waals surface area (Å²) in [7, 11) is 3.40. The van der Waals surface area contributed by atoms with Crippen molar-refractivity contribution in [1.82, 2.24) is 34.2 Å². The van der Waals surface area contributed by atoms with Crippen molar-refractivity contribution < 1.29 is 38.8 Å².